The van der Waals surface area contributed by atoms with Crippen molar-refractivity contribution in [2.45, 2.75) is 18.9 Å². The van der Waals surface area contributed by atoms with Gasteiger partial charge in [-0.05, 0) is 42.1 Å². The Kier molecular flexibility index (Phi) is 5.36. The maximum Gasteiger partial charge on any atom is 0.241 e. The molecule has 0 aliphatic carbocycles. The lowest BCUT2D eigenvalue weighted by molar-refractivity contribution is -0.117. The van der Waals surface area contributed by atoms with Gasteiger partial charge in [0.2, 0.25) is 12.7 Å². The molecule has 7 heteroatoms. The maximum absolute atomic E-state index is 12.8. The molecular formula is C24H23N3O3S. The maximum atomic E-state index is 12.8. The van der Waals surface area contributed by atoms with Crippen molar-refractivity contribution >= 4 is 33.8 Å². The van der Waals surface area contributed by atoms with Gasteiger partial charge >= 0.3 is 0 Å². The third-order valence-corrected chi connectivity index (χ3v) is 6.53. The molecule has 5 rings (SSSR count). The highest BCUT2D eigenvalue weighted by Gasteiger charge is 2.22. The first-order valence-corrected chi connectivity index (χ1v) is 11.1. The van der Waals surface area contributed by atoms with Crippen LogP contribution in [0.1, 0.15) is 23.3 Å². The standard InChI is InChI=1S/C24H23N3O3S/c1-15(24(28)27-16-8-9-21-22(11-16)30-14-29-21)25-13-19(23-7-4-10-31-23)18-12-26-20-6-3-2-5-17(18)20/h2-12,15,19,25-26H,13-14H2,1H3,(H,27,28)/t15-,19+/m0/s1. The van der Waals surface area contributed by atoms with Crippen LogP contribution in [0.3, 0.4) is 0 Å². The molecule has 3 heterocycles. The topological polar surface area (TPSA) is 75.4 Å². The number of nitrogens with one attached hydrogen (secondary N) is 3. The summed E-state index contributed by atoms with van der Waals surface area (Å²) in [4.78, 5) is 17.4. The molecule has 4 aromatic rings. The Morgan fingerprint density at radius 1 is 1.13 bits per heavy atom. The zero-order chi connectivity index (χ0) is 21.2. The zero-order valence-electron chi connectivity index (χ0n) is 17.1. The van der Waals surface area contributed by atoms with Gasteiger partial charge in [0.1, 0.15) is 0 Å². The molecule has 6 nitrogen and oxygen atoms in total. The van der Waals surface area contributed by atoms with Gasteiger partial charge in [-0.15, -0.1) is 11.3 Å². The molecule has 2 atom stereocenters. The van der Waals surface area contributed by atoms with Gasteiger partial charge in [-0.3, -0.25) is 4.79 Å². The Hall–Kier alpha value is -3.29. The van der Waals surface area contributed by atoms with Crippen LogP contribution in [0.4, 0.5) is 5.69 Å². The van der Waals surface area contributed by atoms with Gasteiger partial charge in [-0.2, -0.15) is 0 Å². The van der Waals surface area contributed by atoms with Crippen LogP contribution in [0, 0.1) is 0 Å². The van der Waals surface area contributed by atoms with Crippen LogP contribution in [0.2, 0.25) is 0 Å². The molecule has 31 heavy (non-hydrogen) atoms. The van der Waals surface area contributed by atoms with Gasteiger partial charge in [0.05, 0.1) is 6.04 Å². The number of aromatic amines is 1. The number of rotatable bonds is 7. The highest BCUT2D eigenvalue weighted by molar-refractivity contribution is 7.10. The molecule has 158 valence electrons. The van der Waals surface area contributed by atoms with E-state index < -0.39 is 0 Å². The first-order chi connectivity index (χ1) is 15.2. The smallest absolute Gasteiger partial charge is 0.241 e. The van der Waals surface area contributed by atoms with E-state index in [1.165, 1.54) is 15.8 Å². The molecule has 0 radical (unpaired) electrons. The molecular weight excluding hydrogens is 410 g/mol. The first-order valence-electron chi connectivity index (χ1n) is 10.2. The second-order valence-corrected chi connectivity index (χ2v) is 8.52. The average Bonchev–Trinajstić information content (AvgIpc) is 3.55. The molecule has 2 aromatic heterocycles. The van der Waals surface area contributed by atoms with E-state index in [9.17, 15) is 4.79 Å². The number of fused-ring (bicyclic) bond motifs is 2. The van der Waals surface area contributed by atoms with Gasteiger partial charge in [0.25, 0.3) is 0 Å². The number of amides is 1. The minimum Gasteiger partial charge on any atom is -0.454 e. The number of hydrogen-bond acceptors (Lipinski definition) is 5. The average molecular weight is 434 g/mol. The molecule has 1 amide bonds. The fraction of sp³-hybridized carbons (Fsp3) is 0.208. The number of carbonyl (C=O) groups excluding carboxylic acids is 1. The van der Waals surface area contributed by atoms with E-state index in [-0.39, 0.29) is 24.7 Å². The van der Waals surface area contributed by atoms with Gasteiger partial charge in [-0.25, -0.2) is 0 Å². The van der Waals surface area contributed by atoms with Crippen molar-refractivity contribution in [2.75, 3.05) is 18.7 Å². The summed E-state index contributed by atoms with van der Waals surface area (Å²) in [6.07, 6.45) is 2.08. The SMILES string of the molecule is C[C@H](NC[C@@H](c1cccs1)c1c[nH]c2ccccc12)C(=O)Nc1ccc2c(c1)OCO2. The molecule has 3 N–H and O–H groups in total. The summed E-state index contributed by atoms with van der Waals surface area (Å²) in [5, 5.41) is 9.67. The number of para-hydroxylation sites is 1. The quantitative estimate of drug-likeness (QED) is 0.395. The predicted octanol–water partition coefficient (Wildman–Crippen LogP) is 4.71. The number of H-pyrrole nitrogens is 1. The summed E-state index contributed by atoms with van der Waals surface area (Å²) in [6, 6.07) is 17.6. The summed E-state index contributed by atoms with van der Waals surface area (Å²) in [5.74, 6) is 1.40. The van der Waals surface area contributed by atoms with Crippen molar-refractivity contribution in [3.8, 4) is 11.5 Å². The molecule has 1 aliphatic heterocycles. The van der Waals surface area contributed by atoms with E-state index in [1.807, 2.05) is 19.1 Å². The summed E-state index contributed by atoms with van der Waals surface area (Å²) in [7, 11) is 0. The summed E-state index contributed by atoms with van der Waals surface area (Å²) in [6.45, 7) is 2.74. The van der Waals surface area contributed by atoms with E-state index in [0.717, 1.165) is 5.52 Å². The van der Waals surface area contributed by atoms with Crippen molar-refractivity contribution in [1.82, 2.24) is 10.3 Å². The van der Waals surface area contributed by atoms with Crippen LogP contribution < -0.4 is 20.1 Å². The van der Waals surface area contributed by atoms with Gasteiger partial charge in [-0.1, -0.05) is 24.3 Å². The Morgan fingerprint density at radius 2 is 2.00 bits per heavy atom. The molecule has 0 bridgehead atoms. The lowest BCUT2D eigenvalue weighted by Crippen LogP contribution is -2.40. The number of thiophene rings is 1. The molecule has 0 unspecified atom stereocenters. The molecule has 1 aliphatic rings. The molecule has 0 fully saturated rings. The van der Waals surface area contributed by atoms with Crippen LogP contribution in [-0.4, -0.2) is 30.3 Å². The summed E-state index contributed by atoms with van der Waals surface area (Å²) in [5.41, 5.74) is 3.04. The summed E-state index contributed by atoms with van der Waals surface area (Å²) < 4.78 is 10.7. The Bertz CT molecular complexity index is 1200. The molecule has 2 aromatic carbocycles. The molecule has 0 saturated heterocycles. The lowest BCUT2D eigenvalue weighted by atomic mass is 9.96. The van der Waals surface area contributed by atoms with Gasteiger partial charge < -0.3 is 25.1 Å². The number of carbonyl (C=O) groups is 1. The number of benzene rings is 2. The van der Waals surface area contributed by atoms with Crippen molar-refractivity contribution in [3.05, 3.63) is 76.6 Å². The molecule has 0 spiro atoms. The second kappa shape index (κ2) is 8.45. The fourth-order valence-corrected chi connectivity index (χ4v) is 4.69. The minimum atomic E-state index is -0.363. The minimum absolute atomic E-state index is 0.0947. The van der Waals surface area contributed by atoms with E-state index >= 15 is 0 Å². The third kappa shape index (κ3) is 4.02. The number of ether oxygens (including phenoxy) is 2. The Morgan fingerprint density at radius 3 is 2.87 bits per heavy atom. The normalized spacial score (nSPS) is 14.5. The Labute approximate surface area is 184 Å². The van der Waals surface area contributed by atoms with Crippen molar-refractivity contribution in [1.29, 1.82) is 0 Å². The van der Waals surface area contributed by atoms with Crippen LogP contribution in [-0.2, 0) is 4.79 Å². The van der Waals surface area contributed by atoms with Crippen molar-refractivity contribution in [2.24, 2.45) is 0 Å². The predicted molar refractivity (Wildman–Crippen MR) is 123 cm³/mol. The summed E-state index contributed by atoms with van der Waals surface area (Å²) >= 11 is 1.73. The largest absolute Gasteiger partial charge is 0.454 e. The van der Waals surface area contributed by atoms with Crippen molar-refractivity contribution in [3.63, 3.8) is 0 Å². The number of aromatic nitrogens is 1. The van der Waals surface area contributed by atoms with Crippen LogP contribution >= 0.6 is 11.3 Å². The van der Waals surface area contributed by atoms with E-state index in [2.05, 4.69) is 57.5 Å². The molecule has 0 saturated carbocycles. The van der Waals surface area contributed by atoms with Crippen LogP contribution in [0.15, 0.2) is 66.2 Å². The number of anilines is 1. The van der Waals surface area contributed by atoms with Gasteiger partial charge in [0, 0.05) is 46.2 Å². The van der Waals surface area contributed by atoms with Crippen LogP contribution in [0.25, 0.3) is 10.9 Å². The first kappa shape index (κ1) is 19.7. The Balaban J connectivity index is 1.29. The van der Waals surface area contributed by atoms with E-state index in [0.29, 0.717) is 23.7 Å². The van der Waals surface area contributed by atoms with Gasteiger partial charge in [0.15, 0.2) is 11.5 Å². The second-order valence-electron chi connectivity index (χ2n) is 7.54. The highest BCUT2D eigenvalue weighted by Crippen LogP contribution is 2.35. The zero-order valence-corrected chi connectivity index (χ0v) is 17.9. The van der Waals surface area contributed by atoms with Crippen molar-refractivity contribution < 1.29 is 14.3 Å². The van der Waals surface area contributed by atoms with E-state index in [4.69, 9.17) is 9.47 Å². The van der Waals surface area contributed by atoms with Crippen LogP contribution in [0.5, 0.6) is 11.5 Å². The lowest BCUT2D eigenvalue weighted by Gasteiger charge is -2.20. The number of hydrogen-bond donors (Lipinski definition) is 3. The third-order valence-electron chi connectivity index (χ3n) is 5.54. The monoisotopic (exact) mass is 433 g/mol. The highest BCUT2D eigenvalue weighted by atomic mass is 32.1. The fourth-order valence-electron chi connectivity index (χ4n) is 3.85. The van der Waals surface area contributed by atoms with E-state index in [1.54, 1.807) is 23.5 Å².